The topological polar surface area (TPSA) is 66.5 Å². The third-order valence-electron chi connectivity index (χ3n) is 5.87. The van der Waals surface area contributed by atoms with Gasteiger partial charge in [0.2, 0.25) is 17.7 Å². The van der Waals surface area contributed by atoms with Gasteiger partial charge in [-0.05, 0) is 37.0 Å². The number of carbonyl (C=O) groups excluding carboxylic acids is 3. The van der Waals surface area contributed by atoms with Gasteiger partial charge in [0.15, 0.2) is 0 Å². The molecule has 0 aromatic carbocycles. The number of nitrogens with zero attached hydrogens (tertiary/aromatic N) is 1. The zero-order valence-corrected chi connectivity index (χ0v) is 12.8. The lowest BCUT2D eigenvalue weighted by atomic mass is 9.85. The number of fused-ring (bicyclic) bond motifs is 5. The number of amides is 3. The van der Waals surface area contributed by atoms with Crippen LogP contribution in [-0.2, 0) is 14.4 Å². The molecule has 0 aromatic heterocycles. The minimum Gasteiger partial charge on any atom is -0.356 e. The van der Waals surface area contributed by atoms with Crippen molar-refractivity contribution in [1.82, 2.24) is 10.2 Å². The molecule has 3 aliphatic carbocycles. The normalized spacial score (nSPS) is 41.2. The van der Waals surface area contributed by atoms with Gasteiger partial charge in [-0.3, -0.25) is 19.3 Å². The van der Waals surface area contributed by atoms with Gasteiger partial charge in [-0.25, -0.2) is 0 Å². The molecule has 4 rings (SSSR count). The fourth-order valence-electron chi connectivity index (χ4n) is 4.45. The Labute approximate surface area is 130 Å². The number of imide groups is 1. The van der Waals surface area contributed by atoms with E-state index in [9.17, 15) is 14.4 Å². The standard InChI is InChI=1S/C17H22N2O3/c1-9-7-12(9)15(20)18-5-2-6-19-16(21)13-10-3-4-11(8-10)14(13)17(19)22/h3-4,9-14H,2,5-8H2,1H3,(H,18,20)/t9-,10+,11+,12+,13+,14+/m1/s1. The number of nitrogens with one attached hydrogen (secondary N) is 1. The summed E-state index contributed by atoms with van der Waals surface area (Å²) in [6, 6.07) is 0. The minimum atomic E-state index is -0.107. The van der Waals surface area contributed by atoms with Crippen LogP contribution in [0.2, 0.25) is 0 Å². The molecule has 3 amide bonds. The summed E-state index contributed by atoms with van der Waals surface area (Å²) in [5.41, 5.74) is 0. The number of hydrogen-bond donors (Lipinski definition) is 1. The Morgan fingerprint density at radius 1 is 1.18 bits per heavy atom. The number of rotatable bonds is 5. The smallest absolute Gasteiger partial charge is 0.233 e. The van der Waals surface area contributed by atoms with Gasteiger partial charge in [-0.15, -0.1) is 0 Å². The van der Waals surface area contributed by atoms with E-state index >= 15 is 0 Å². The van der Waals surface area contributed by atoms with Crippen LogP contribution in [0.1, 0.15) is 26.2 Å². The Morgan fingerprint density at radius 2 is 1.77 bits per heavy atom. The van der Waals surface area contributed by atoms with Crippen LogP contribution in [0.15, 0.2) is 12.2 Å². The van der Waals surface area contributed by atoms with Crippen LogP contribution in [0.4, 0.5) is 0 Å². The fraction of sp³-hybridized carbons (Fsp3) is 0.706. The molecule has 22 heavy (non-hydrogen) atoms. The van der Waals surface area contributed by atoms with Crippen molar-refractivity contribution in [3.05, 3.63) is 12.2 Å². The molecule has 1 heterocycles. The first-order chi connectivity index (χ1) is 10.6. The van der Waals surface area contributed by atoms with Crippen molar-refractivity contribution >= 4 is 17.7 Å². The van der Waals surface area contributed by atoms with E-state index in [-0.39, 0.29) is 47.3 Å². The van der Waals surface area contributed by atoms with E-state index in [0.717, 1.165) is 12.8 Å². The Hall–Kier alpha value is -1.65. The van der Waals surface area contributed by atoms with Gasteiger partial charge in [-0.1, -0.05) is 19.1 Å². The van der Waals surface area contributed by atoms with Crippen molar-refractivity contribution in [3.8, 4) is 0 Å². The van der Waals surface area contributed by atoms with Gasteiger partial charge in [0.1, 0.15) is 0 Å². The molecule has 1 aliphatic heterocycles. The van der Waals surface area contributed by atoms with Gasteiger partial charge < -0.3 is 5.32 Å². The van der Waals surface area contributed by atoms with E-state index in [0.29, 0.717) is 25.4 Å². The molecule has 6 atom stereocenters. The maximum Gasteiger partial charge on any atom is 0.233 e. The number of allylic oxidation sites excluding steroid dienone is 2. The van der Waals surface area contributed by atoms with Crippen LogP contribution in [0, 0.1) is 35.5 Å². The number of carbonyl (C=O) groups is 3. The van der Waals surface area contributed by atoms with Crippen molar-refractivity contribution < 1.29 is 14.4 Å². The van der Waals surface area contributed by atoms with Crippen molar-refractivity contribution in [1.29, 1.82) is 0 Å². The molecule has 2 bridgehead atoms. The first-order valence-corrected chi connectivity index (χ1v) is 8.39. The molecule has 1 saturated heterocycles. The lowest BCUT2D eigenvalue weighted by Gasteiger charge is -2.17. The molecule has 0 radical (unpaired) electrons. The molecule has 5 heteroatoms. The molecule has 0 unspecified atom stereocenters. The second kappa shape index (κ2) is 4.93. The summed E-state index contributed by atoms with van der Waals surface area (Å²) < 4.78 is 0. The summed E-state index contributed by atoms with van der Waals surface area (Å²) in [4.78, 5) is 38.1. The van der Waals surface area contributed by atoms with Gasteiger partial charge >= 0.3 is 0 Å². The summed E-state index contributed by atoms with van der Waals surface area (Å²) in [6.07, 6.45) is 6.81. The SMILES string of the molecule is C[C@@H]1C[C@@H]1C(=O)NCCCN1C(=O)[C@@H]2[C@@H](C1=O)[C@H]1C=C[C@H]2C1. The first kappa shape index (κ1) is 14.0. The van der Waals surface area contributed by atoms with Gasteiger partial charge in [0.25, 0.3) is 0 Å². The Kier molecular flexibility index (Phi) is 3.13. The van der Waals surface area contributed by atoms with Crippen LogP contribution < -0.4 is 5.32 Å². The van der Waals surface area contributed by atoms with E-state index in [2.05, 4.69) is 24.4 Å². The van der Waals surface area contributed by atoms with Gasteiger partial charge in [-0.2, -0.15) is 0 Å². The maximum atomic E-state index is 12.5. The molecule has 3 fully saturated rings. The van der Waals surface area contributed by atoms with Crippen molar-refractivity contribution in [2.24, 2.45) is 35.5 Å². The lowest BCUT2D eigenvalue weighted by molar-refractivity contribution is -0.140. The molecule has 1 N–H and O–H groups in total. The van der Waals surface area contributed by atoms with Crippen LogP contribution in [0.25, 0.3) is 0 Å². The highest BCUT2D eigenvalue weighted by molar-refractivity contribution is 6.06. The van der Waals surface area contributed by atoms with Crippen LogP contribution in [0.5, 0.6) is 0 Å². The average molecular weight is 302 g/mol. The molecule has 0 aromatic rings. The van der Waals surface area contributed by atoms with Crippen LogP contribution in [-0.4, -0.2) is 35.7 Å². The second-order valence-corrected chi connectivity index (χ2v) is 7.29. The lowest BCUT2D eigenvalue weighted by Crippen LogP contribution is -2.36. The number of hydrogen-bond acceptors (Lipinski definition) is 3. The highest BCUT2D eigenvalue weighted by atomic mass is 16.2. The highest BCUT2D eigenvalue weighted by Crippen LogP contribution is 2.52. The fourth-order valence-corrected chi connectivity index (χ4v) is 4.45. The minimum absolute atomic E-state index is 0.00833. The molecule has 5 nitrogen and oxygen atoms in total. The third kappa shape index (κ3) is 2.02. The quantitative estimate of drug-likeness (QED) is 0.467. The summed E-state index contributed by atoms with van der Waals surface area (Å²) in [7, 11) is 0. The molecular formula is C17H22N2O3. The Morgan fingerprint density at radius 3 is 2.32 bits per heavy atom. The predicted octanol–water partition coefficient (Wildman–Crippen LogP) is 0.956. The maximum absolute atomic E-state index is 12.5. The average Bonchev–Trinajstić information content (AvgIpc) is 2.87. The highest BCUT2D eigenvalue weighted by Gasteiger charge is 2.58. The van der Waals surface area contributed by atoms with Crippen LogP contribution in [0.3, 0.4) is 0 Å². The van der Waals surface area contributed by atoms with Crippen molar-refractivity contribution in [2.75, 3.05) is 13.1 Å². The predicted molar refractivity (Wildman–Crippen MR) is 79.3 cm³/mol. The Bertz CT molecular complexity index is 540. The second-order valence-electron chi connectivity index (χ2n) is 7.29. The summed E-state index contributed by atoms with van der Waals surface area (Å²) in [5, 5.41) is 2.91. The zero-order chi connectivity index (χ0) is 15.4. The van der Waals surface area contributed by atoms with E-state index in [4.69, 9.17) is 0 Å². The summed E-state index contributed by atoms with van der Waals surface area (Å²) >= 11 is 0. The van der Waals surface area contributed by atoms with Crippen LogP contribution >= 0.6 is 0 Å². The van der Waals surface area contributed by atoms with Crippen molar-refractivity contribution in [2.45, 2.75) is 26.2 Å². The molecule has 118 valence electrons. The summed E-state index contributed by atoms with van der Waals surface area (Å²) in [5.74, 6) is 1.14. The van der Waals surface area contributed by atoms with E-state index < -0.39 is 0 Å². The summed E-state index contributed by atoms with van der Waals surface area (Å²) in [6.45, 7) is 3.05. The third-order valence-corrected chi connectivity index (χ3v) is 5.87. The van der Waals surface area contributed by atoms with E-state index in [1.807, 2.05) is 0 Å². The number of likely N-dealkylation sites (tertiary alicyclic amines) is 1. The van der Waals surface area contributed by atoms with Crippen molar-refractivity contribution in [3.63, 3.8) is 0 Å². The first-order valence-electron chi connectivity index (χ1n) is 8.39. The Balaban J connectivity index is 1.28. The molecule has 2 saturated carbocycles. The largest absolute Gasteiger partial charge is 0.356 e. The van der Waals surface area contributed by atoms with E-state index in [1.165, 1.54) is 4.90 Å². The molecular weight excluding hydrogens is 280 g/mol. The zero-order valence-electron chi connectivity index (χ0n) is 12.8. The van der Waals surface area contributed by atoms with Gasteiger partial charge in [0.05, 0.1) is 11.8 Å². The van der Waals surface area contributed by atoms with E-state index in [1.54, 1.807) is 0 Å². The molecule has 4 aliphatic rings. The monoisotopic (exact) mass is 302 g/mol. The van der Waals surface area contributed by atoms with Gasteiger partial charge in [0, 0.05) is 19.0 Å². The molecule has 0 spiro atoms.